The predicted molar refractivity (Wildman–Crippen MR) is 169 cm³/mol. The lowest BCUT2D eigenvalue weighted by atomic mass is 9.80. The molecule has 4 aromatic rings. The van der Waals surface area contributed by atoms with Gasteiger partial charge in [-0.05, 0) is 62.8 Å². The average molecular weight is 628 g/mol. The van der Waals surface area contributed by atoms with Gasteiger partial charge in [0.05, 0.1) is 25.5 Å². The number of ether oxygens (including phenoxy) is 2. The zero-order valence-electron chi connectivity index (χ0n) is 24.9. The largest absolute Gasteiger partial charge is 0.497 e. The number of nitrogens with zero attached hydrogens (tertiary/aromatic N) is 6. The van der Waals surface area contributed by atoms with Crippen molar-refractivity contribution in [3.8, 4) is 5.75 Å². The molecule has 3 aromatic heterocycles. The lowest BCUT2D eigenvalue weighted by Crippen LogP contribution is -2.46. The Kier molecular flexibility index (Phi) is 8.84. The summed E-state index contributed by atoms with van der Waals surface area (Å²) in [6.45, 7) is 10.3. The third kappa shape index (κ3) is 7.40. The number of benzene rings is 1. The second-order valence-electron chi connectivity index (χ2n) is 12.0. The molecule has 0 atom stereocenters. The third-order valence-electron chi connectivity index (χ3n) is 7.37. The molecule has 5 rings (SSSR count). The van der Waals surface area contributed by atoms with Crippen molar-refractivity contribution in [1.82, 2.24) is 30.0 Å². The monoisotopic (exact) mass is 626 g/mol. The van der Waals surface area contributed by atoms with Gasteiger partial charge in [-0.25, -0.2) is 24.4 Å². The van der Waals surface area contributed by atoms with Crippen molar-refractivity contribution in [2.75, 3.05) is 37.0 Å². The fourth-order valence-electron chi connectivity index (χ4n) is 4.88. The number of nitrogens with one attached hydrogen (secondary N) is 2. The van der Waals surface area contributed by atoms with Crippen molar-refractivity contribution in [2.24, 2.45) is 5.41 Å². The standard InChI is InChI=1S/C30H36Cl2N8O3/c1-29(2,3)43-28(41)35-18-30(4)11-14-39(15-12-30)22-16-34-24-26(36-21-10-13-33-25(32)23(21)31)38-40(27(24)37-22)17-19-6-8-20(42-5)9-7-19/h6-10,13,16H,11-12,14-15,17-18H2,1-5H3,(H,35,41)(H,33,36,38). The fourth-order valence-corrected chi connectivity index (χ4v) is 5.20. The van der Waals surface area contributed by atoms with Crippen LogP contribution in [-0.4, -0.2) is 63.2 Å². The predicted octanol–water partition coefficient (Wildman–Crippen LogP) is 6.46. The van der Waals surface area contributed by atoms with E-state index in [0.29, 0.717) is 40.8 Å². The highest BCUT2D eigenvalue weighted by atomic mass is 35.5. The first kappa shape index (κ1) is 30.6. The number of hydrogen-bond acceptors (Lipinski definition) is 9. The number of halogens is 2. The van der Waals surface area contributed by atoms with Crippen LogP contribution in [0, 0.1) is 5.41 Å². The quantitative estimate of drug-likeness (QED) is 0.212. The normalized spacial score (nSPS) is 14.9. The molecule has 13 heteroatoms. The minimum atomic E-state index is -0.529. The highest BCUT2D eigenvalue weighted by Gasteiger charge is 2.32. The highest BCUT2D eigenvalue weighted by molar-refractivity contribution is 6.43. The summed E-state index contributed by atoms with van der Waals surface area (Å²) in [5.74, 6) is 2.05. The number of methoxy groups -OCH3 is 1. The molecule has 1 fully saturated rings. The summed E-state index contributed by atoms with van der Waals surface area (Å²) in [4.78, 5) is 28.3. The SMILES string of the molecule is COc1ccc(Cn2nc(Nc3ccnc(Cl)c3Cl)c3ncc(N4CCC(C)(CNC(=O)OC(C)(C)C)CC4)nc32)cc1. The smallest absolute Gasteiger partial charge is 0.407 e. The van der Waals surface area contributed by atoms with Crippen molar-refractivity contribution in [3.05, 3.63) is 58.5 Å². The molecule has 43 heavy (non-hydrogen) atoms. The molecule has 4 heterocycles. The number of carbonyl (C=O) groups excluding carboxylic acids is 1. The van der Waals surface area contributed by atoms with Gasteiger partial charge in [0.2, 0.25) is 0 Å². The van der Waals surface area contributed by atoms with E-state index >= 15 is 0 Å². The van der Waals surface area contributed by atoms with Gasteiger partial charge in [0.25, 0.3) is 0 Å². The highest BCUT2D eigenvalue weighted by Crippen LogP contribution is 2.34. The van der Waals surface area contributed by atoms with Gasteiger partial charge in [0.1, 0.15) is 27.3 Å². The van der Waals surface area contributed by atoms with Crippen LogP contribution in [0.3, 0.4) is 0 Å². The van der Waals surface area contributed by atoms with E-state index in [2.05, 4.69) is 27.4 Å². The van der Waals surface area contributed by atoms with Crippen LogP contribution in [0.1, 0.15) is 46.1 Å². The number of piperidine rings is 1. The molecule has 0 bridgehead atoms. The molecular formula is C30H36Cl2N8O3. The summed E-state index contributed by atoms with van der Waals surface area (Å²) in [6, 6.07) is 9.55. The van der Waals surface area contributed by atoms with Gasteiger partial charge in [0, 0.05) is 25.8 Å². The molecule has 0 aliphatic carbocycles. The molecule has 2 N–H and O–H groups in total. The van der Waals surface area contributed by atoms with Crippen molar-refractivity contribution < 1.29 is 14.3 Å². The van der Waals surface area contributed by atoms with Crippen molar-refractivity contribution in [1.29, 1.82) is 0 Å². The van der Waals surface area contributed by atoms with Gasteiger partial charge in [-0.15, -0.1) is 0 Å². The number of alkyl carbamates (subject to hydrolysis) is 1. The Morgan fingerprint density at radius 2 is 1.81 bits per heavy atom. The van der Waals surface area contributed by atoms with Gasteiger partial charge in [-0.1, -0.05) is 42.3 Å². The number of anilines is 3. The van der Waals surface area contributed by atoms with Gasteiger partial charge in [0.15, 0.2) is 17.0 Å². The first-order chi connectivity index (χ1) is 20.4. The Labute approximate surface area is 260 Å². The van der Waals surface area contributed by atoms with Crippen molar-refractivity contribution in [3.63, 3.8) is 0 Å². The Bertz CT molecular complexity index is 1600. The minimum Gasteiger partial charge on any atom is -0.497 e. The molecule has 1 aromatic carbocycles. The van der Waals surface area contributed by atoms with Crippen LogP contribution in [0.25, 0.3) is 11.2 Å². The van der Waals surface area contributed by atoms with E-state index < -0.39 is 11.7 Å². The maximum Gasteiger partial charge on any atom is 0.407 e. The summed E-state index contributed by atoms with van der Waals surface area (Å²) < 4.78 is 12.5. The number of fused-ring (bicyclic) bond motifs is 1. The molecular weight excluding hydrogens is 591 g/mol. The number of pyridine rings is 1. The van der Waals surface area contributed by atoms with E-state index in [-0.39, 0.29) is 10.6 Å². The van der Waals surface area contributed by atoms with E-state index in [9.17, 15) is 4.79 Å². The molecule has 0 radical (unpaired) electrons. The van der Waals surface area contributed by atoms with Crippen LogP contribution in [0.15, 0.2) is 42.7 Å². The molecule has 1 amide bonds. The number of aromatic nitrogens is 5. The van der Waals surface area contributed by atoms with Gasteiger partial charge in [-0.2, -0.15) is 5.10 Å². The van der Waals surface area contributed by atoms with E-state index in [1.165, 1.54) is 0 Å². The van der Waals surface area contributed by atoms with Gasteiger partial charge < -0.3 is 25.0 Å². The van der Waals surface area contributed by atoms with Crippen LogP contribution in [0.4, 0.5) is 22.1 Å². The van der Waals surface area contributed by atoms with Crippen molar-refractivity contribution in [2.45, 2.75) is 52.7 Å². The van der Waals surface area contributed by atoms with Crippen LogP contribution < -0.4 is 20.3 Å². The molecule has 1 aliphatic rings. The van der Waals surface area contributed by atoms with Crippen LogP contribution in [-0.2, 0) is 11.3 Å². The van der Waals surface area contributed by atoms with E-state index in [1.807, 2.05) is 49.7 Å². The number of hydrogen-bond donors (Lipinski definition) is 2. The number of rotatable bonds is 8. The van der Waals surface area contributed by atoms with E-state index in [4.69, 9.17) is 47.7 Å². The molecule has 0 unspecified atom stereocenters. The molecule has 11 nitrogen and oxygen atoms in total. The van der Waals surface area contributed by atoms with Crippen LogP contribution >= 0.6 is 23.2 Å². The molecule has 0 spiro atoms. The molecule has 1 saturated heterocycles. The second kappa shape index (κ2) is 12.4. The van der Waals surface area contributed by atoms with Gasteiger partial charge in [-0.3, -0.25) is 0 Å². The maximum atomic E-state index is 12.2. The van der Waals surface area contributed by atoms with Crippen LogP contribution in [0.5, 0.6) is 5.75 Å². The first-order valence-electron chi connectivity index (χ1n) is 14.1. The Hall–Kier alpha value is -3.83. The molecule has 228 valence electrons. The van der Waals surface area contributed by atoms with E-state index in [1.54, 1.807) is 25.6 Å². The van der Waals surface area contributed by atoms with Crippen LogP contribution in [0.2, 0.25) is 10.2 Å². The molecule has 0 saturated carbocycles. The summed E-state index contributed by atoms with van der Waals surface area (Å²) in [7, 11) is 1.64. The lowest BCUT2D eigenvalue weighted by Gasteiger charge is -2.40. The second-order valence-corrected chi connectivity index (χ2v) is 12.7. The van der Waals surface area contributed by atoms with E-state index in [0.717, 1.165) is 43.1 Å². The summed E-state index contributed by atoms with van der Waals surface area (Å²) in [5.41, 5.74) is 2.25. The third-order valence-corrected chi connectivity index (χ3v) is 8.14. The zero-order valence-corrected chi connectivity index (χ0v) is 26.5. The minimum absolute atomic E-state index is 0.0523. The Morgan fingerprint density at radius 3 is 2.49 bits per heavy atom. The molecule has 1 aliphatic heterocycles. The Morgan fingerprint density at radius 1 is 1.09 bits per heavy atom. The summed E-state index contributed by atoms with van der Waals surface area (Å²) in [6.07, 6.45) is 4.71. The number of carbonyl (C=O) groups is 1. The summed E-state index contributed by atoms with van der Waals surface area (Å²) in [5, 5.41) is 11.5. The Balaban J connectivity index is 1.37. The first-order valence-corrected chi connectivity index (χ1v) is 14.8. The zero-order chi connectivity index (χ0) is 30.8. The number of amides is 1. The average Bonchev–Trinajstić information content (AvgIpc) is 3.30. The maximum absolute atomic E-state index is 12.2. The fraction of sp³-hybridized carbons (Fsp3) is 0.433. The topological polar surface area (TPSA) is 119 Å². The van der Waals surface area contributed by atoms with Crippen molar-refractivity contribution >= 4 is 57.8 Å². The summed E-state index contributed by atoms with van der Waals surface area (Å²) >= 11 is 12.5. The lowest BCUT2D eigenvalue weighted by molar-refractivity contribution is 0.0495. The van der Waals surface area contributed by atoms with Gasteiger partial charge >= 0.3 is 6.09 Å².